The van der Waals surface area contributed by atoms with E-state index in [-0.39, 0.29) is 0 Å². The van der Waals surface area contributed by atoms with Crippen LogP contribution in [0.1, 0.15) is 0 Å². The zero-order valence-corrected chi connectivity index (χ0v) is 31.4. The third-order valence-electron chi connectivity index (χ3n) is 13.2. The topological polar surface area (TPSA) is 9.86 Å². The molecule has 0 N–H and O–H groups in total. The van der Waals surface area contributed by atoms with Crippen molar-refractivity contribution in [1.82, 2.24) is 9.13 Å². The zero-order chi connectivity index (χ0) is 37.6. The molecule has 3 heterocycles. The molecule has 0 amide bonds. The molecule has 2 heteroatoms. The molecule has 0 radical (unpaired) electrons. The Morgan fingerprint density at radius 3 is 1.60 bits per heavy atom. The van der Waals surface area contributed by atoms with Gasteiger partial charge in [0, 0.05) is 38.1 Å². The zero-order valence-electron chi connectivity index (χ0n) is 31.4. The number of aromatic nitrogens is 2. The molecule has 0 aliphatic carbocycles. The van der Waals surface area contributed by atoms with Crippen molar-refractivity contribution in [3.8, 4) is 44.8 Å². The van der Waals surface area contributed by atoms with Gasteiger partial charge in [0.1, 0.15) is 0 Å². The summed E-state index contributed by atoms with van der Waals surface area (Å²) >= 11 is 0. The Bertz CT molecular complexity index is 3860. The van der Waals surface area contributed by atoms with Gasteiger partial charge in [-0.3, -0.25) is 0 Å². The van der Waals surface area contributed by atoms with Crippen molar-refractivity contribution in [3.63, 3.8) is 0 Å². The van der Waals surface area contributed by atoms with Crippen molar-refractivity contribution >= 4 is 86.7 Å². The van der Waals surface area contributed by atoms with Gasteiger partial charge in [0.2, 0.25) is 0 Å². The predicted molar refractivity (Wildman–Crippen MR) is 246 cm³/mol. The molecule has 58 heavy (non-hydrogen) atoms. The summed E-state index contributed by atoms with van der Waals surface area (Å²) in [6, 6.07) is 72.6. The van der Waals surface area contributed by atoms with E-state index in [0.29, 0.717) is 0 Å². The molecule has 1 aliphatic rings. The second-order valence-electron chi connectivity index (χ2n) is 16.0. The first-order valence-electron chi connectivity index (χ1n) is 20.2. The van der Waals surface area contributed by atoms with Gasteiger partial charge >= 0.3 is 0 Å². The van der Waals surface area contributed by atoms with E-state index in [1.165, 1.54) is 131 Å². The number of hydrogen-bond donors (Lipinski definition) is 0. The Kier molecular flexibility index (Phi) is 5.79. The molecule has 0 saturated carbocycles. The van der Waals surface area contributed by atoms with Gasteiger partial charge in [-0.15, -0.1) is 0 Å². The maximum Gasteiger partial charge on any atom is 0.0620 e. The van der Waals surface area contributed by atoms with E-state index in [1.807, 2.05) is 0 Å². The fourth-order valence-corrected chi connectivity index (χ4v) is 10.8. The first-order chi connectivity index (χ1) is 28.8. The largest absolute Gasteiger partial charge is 0.309 e. The highest BCUT2D eigenvalue weighted by Gasteiger charge is 2.25. The van der Waals surface area contributed by atoms with Crippen LogP contribution < -0.4 is 0 Å². The third kappa shape index (κ3) is 3.82. The van der Waals surface area contributed by atoms with Crippen LogP contribution in [0.5, 0.6) is 0 Å². The Balaban J connectivity index is 1.04. The van der Waals surface area contributed by atoms with Crippen LogP contribution in [0.25, 0.3) is 131 Å². The molecular formula is C56H32N2. The van der Waals surface area contributed by atoms with Crippen molar-refractivity contribution in [3.05, 3.63) is 194 Å². The van der Waals surface area contributed by atoms with E-state index < -0.39 is 0 Å². The first-order valence-corrected chi connectivity index (χ1v) is 20.2. The average Bonchev–Trinajstić information content (AvgIpc) is 3.76. The quantitative estimate of drug-likeness (QED) is 0.124. The molecule has 11 aromatic carbocycles. The molecule has 2 nitrogen and oxygen atoms in total. The third-order valence-corrected chi connectivity index (χ3v) is 13.2. The van der Waals surface area contributed by atoms with Crippen molar-refractivity contribution in [1.29, 1.82) is 0 Å². The molecule has 2 aromatic heterocycles. The average molecular weight is 733 g/mol. The minimum Gasteiger partial charge on any atom is -0.309 e. The molecule has 266 valence electrons. The van der Waals surface area contributed by atoms with Gasteiger partial charge in [-0.1, -0.05) is 146 Å². The second-order valence-corrected chi connectivity index (χ2v) is 16.0. The van der Waals surface area contributed by atoms with Crippen LogP contribution in [0.3, 0.4) is 0 Å². The van der Waals surface area contributed by atoms with Crippen molar-refractivity contribution < 1.29 is 0 Å². The molecule has 13 aromatic rings. The monoisotopic (exact) mass is 732 g/mol. The Labute approximate surface area is 333 Å². The number of para-hydroxylation sites is 3. The highest BCUT2D eigenvalue weighted by Crippen LogP contribution is 2.49. The lowest BCUT2D eigenvalue weighted by molar-refractivity contribution is 1.19. The fourth-order valence-electron chi connectivity index (χ4n) is 10.8. The van der Waals surface area contributed by atoms with Crippen LogP contribution >= 0.6 is 0 Å². The number of benzene rings is 11. The molecule has 0 bridgehead atoms. The summed E-state index contributed by atoms with van der Waals surface area (Å²) < 4.78 is 4.99. The van der Waals surface area contributed by atoms with Crippen LogP contribution in [-0.2, 0) is 0 Å². The van der Waals surface area contributed by atoms with Crippen LogP contribution in [0.4, 0.5) is 0 Å². The summed E-state index contributed by atoms with van der Waals surface area (Å²) in [4.78, 5) is 0. The SMILES string of the molecule is c1ccc2c(c1)-c1ccccc1-n1c3ccccc3c3cc(-c4ccc5c(c4)c4ccccc4n5-c4ccc5c6cccc7cccc(c8cccc4c85)c76)cc-2c31. The molecule has 0 unspecified atom stereocenters. The lowest BCUT2D eigenvalue weighted by Gasteiger charge is -2.18. The van der Waals surface area contributed by atoms with E-state index in [9.17, 15) is 0 Å². The second kappa shape index (κ2) is 11.0. The van der Waals surface area contributed by atoms with E-state index in [2.05, 4.69) is 203 Å². The lowest BCUT2D eigenvalue weighted by atomic mass is 9.89. The molecule has 1 aliphatic heterocycles. The van der Waals surface area contributed by atoms with Gasteiger partial charge in [0.05, 0.1) is 33.4 Å². The Morgan fingerprint density at radius 2 is 0.810 bits per heavy atom. The maximum atomic E-state index is 2.50. The minimum atomic E-state index is 1.21. The minimum absolute atomic E-state index is 1.21. The van der Waals surface area contributed by atoms with Crippen molar-refractivity contribution in [2.75, 3.05) is 0 Å². The summed E-state index contributed by atoms with van der Waals surface area (Å²) in [6.07, 6.45) is 0. The maximum absolute atomic E-state index is 2.50. The molecule has 14 rings (SSSR count). The van der Waals surface area contributed by atoms with E-state index in [0.717, 1.165) is 0 Å². The fraction of sp³-hybridized carbons (Fsp3) is 0. The van der Waals surface area contributed by atoms with Crippen molar-refractivity contribution in [2.45, 2.75) is 0 Å². The van der Waals surface area contributed by atoms with Gasteiger partial charge < -0.3 is 9.13 Å². The van der Waals surface area contributed by atoms with E-state index >= 15 is 0 Å². The molecular weight excluding hydrogens is 701 g/mol. The van der Waals surface area contributed by atoms with Crippen LogP contribution in [0, 0.1) is 0 Å². The van der Waals surface area contributed by atoms with E-state index in [4.69, 9.17) is 0 Å². The van der Waals surface area contributed by atoms with Gasteiger partial charge in [0.25, 0.3) is 0 Å². The molecule has 0 spiro atoms. The van der Waals surface area contributed by atoms with Crippen LogP contribution in [0.2, 0.25) is 0 Å². The van der Waals surface area contributed by atoms with Gasteiger partial charge in [-0.25, -0.2) is 0 Å². The van der Waals surface area contributed by atoms with E-state index in [1.54, 1.807) is 0 Å². The normalized spacial score (nSPS) is 12.5. The summed E-state index contributed by atoms with van der Waals surface area (Å²) in [5.41, 5.74) is 14.8. The van der Waals surface area contributed by atoms with Gasteiger partial charge in [-0.05, 0) is 108 Å². The van der Waals surface area contributed by atoms with Crippen LogP contribution in [-0.4, -0.2) is 9.13 Å². The lowest BCUT2D eigenvalue weighted by Crippen LogP contribution is -1.97. The molecule has 0 fully saturated rings. The first kappa shape index (κ1) is 30.5. The highest BCUT2D eigenvalue weighted by molar-refractivity contribution is 6.34. The summed E-state index contributed by atoms with van der Waals surface area (Å²) in [7, 11) is 0. The highest BCUT2D eigenvalue weighted by atomic mass is 15.0. The smallest absolute Gasteiger partial charge is 0.0620 e. The summed E-state index contributed by atoms with van der Waals surface area (Å²) in [6.45, 7) is 0. The van der Waals surface area contributed by atoms with Gasteiger partial charge in [0.15, 0.2) is 0 Å². The number of fused-ring (bicyclic) bond motifs is 13. The van der Waals surface area contributed by atoms with Crippen molar-refractivity contribution in [2.24, 2.45) is 0 Å². The number of rotatable bonds is 2. The summed E-state index contributed by atoms with van der Waals surface area (Å²) in [5, 5.41) is 15.5. The summed E-state index contributed by atoms with van der Waals surface area (Å²) in [5.74, 6) is 0. The van der Waals surface area contributed by atoms with Gasteiger partial charge in [-0.2, -0.15) is 0 Å². The number of hydrogen-bond acceptors (Lipinski definition) is 0. The predicted octanol–water partition coefficient (Wildman–Crippen LogP) is 15.2. The number of nitrogens with zero attached hydrogens (tertiary/aromatic N) is 2. The molecule has 0 saturated heterocycles. The molecule has 0 atom stereocenters. The Morgan fingerprint density at radius 1 is 0.259 bits per heavy atom. The Hall–Kier alpha value is -7.68. The standard InChI is InChI=1S/C56H32N2/c1-2-15-37-36(14-1)38-16-3-7-24-50(38)58-51-25-8-5-18-40(51)48-32-35(31-47(37)56(48)58)34-26-28-53-46(30-34)39-17-4-6-23-49(39)57(53)52-29-27-44-42-20-10-13-33-12-9-19-41(54(33)42)43-21-11-22-45(52)55(43)44/h1-32H. The van der Waals surface area contributed by atoms with Crippen LogP contribution in [0.15, 0.2) is 194 Å².